The van der Waals surface area contributed by atoms with Crippen molar-refractivity contribution in [2.45, 2.75) is 6.92 Å². The third kappa shape index (κ3) is 3.39. The number of hydrogen-bond acceptors (Lipinski definition) is 2. The number of amides is 2. The molecule has 1 heterocycles. The summed E-state index contributed by atoms with van der Waals surface area (Å²) in [6.07, 6.45) is 0. The summed E-state index contributed by atoms with van der Waals surface area (Å²) in [5, 5.41) is 10.2. The molecule has 0 aliphatic carbocycles. The lowest BCUT2D eigenvalue weighted by Crippen LogP contribution is -2.19. The Bertz CT molecular complexity index is 605. The van der Waals surface area contributed by atoms with Gasteiger partial charge in [0.05, 0.1) is 10.0 Å². The monoisotopic (exact) mass is 298 g/mol. The van der Waals surface area contributed by atoms with E-state index in [1.807, 2.05) is 6.92 Å². The fourth-order valence-corrected chi connectivity index (χ4v) is 1.77. The molecule has 19 heavy (non-hydrogen) atoms. The standard InChI is InChI=1S/C12H12Cl2N4O/c1-7-5-11(17-18(7)2)16-12(19)15-8-3-4-9(13)10(14)6-8/h3-6H,1-2H3,(H2,15,16,17,19). The maximum atomic E-state index is 11.8. The molecule has 0 bridgehead atoms. The van der Waals surface area contributed by atoms with Crippen molar-refractivity contribution in [3.63, 3.8) is 0 Å². The van der Waals surface area contributed by atoms with Crippen molar-refractivity contribution in [3.8, 4) is 0 Å². The van der Waals surface area contributed by atoms with Gasteiger partial charge in [-0.05, 0) is 25.1 Å². The van der Waals surface area contributed by atoms with Crippen molar-refractivity contribution in [2.24, 2.45) is 7.05 Å². The van der Waals surface area contributed by atoms with E-state index in [1.165, 1.54) is 0 Å². The molecular formula is C12H12Cl2N4O. The summed E-state index contributed by atoms with van der Waals surface area (Å²) in [4.78, 5) is 11.8. The topological polar surface area (TPSA) is 59.0 Å². The van der Waals surface area contributed by atoms with Gasteiger partial charge in [0.2, 0.25) is 0 Å². The van der Waals surface area contributed by atoms with Crippen LogP contribution in [-0.2, 0) is 7.05 Å². The van der Waals surface area contributed by atoms with Gasteiger partial charge >= 0.3 is 6.03 Å². The van der Waals surface area contributed by atoms with E-state index < -0.39 is 6.03 Å². The van der Waals surface area contributed by atoms with Crippen LogP contribution >= 0.6 is 23.2 Å². The van der Waals surface area contributed by atoms with E-state index in [-0.39, 0.29) is 0 Å². The van der Waals surface area contributed by atoms with E-state index in [9.17, 15) is 4.79 Å². The molecule has 0 spiro atoms. The molecule has 0 aliphatic heterocycles. The number of carbonyl (C=O) groups is 1. The molecule has 0 radical (unpaired) electrons. The molecule has 100 valence electrons. The first-order valence-corrected chi connectivity index (χ1v) is 6.25. The summed E-state index contributed by atoms with van der Waals surface area (Å²) < 4.78 is 1.68. The van der Waals surface area contributed by atoms with E-state index >= 15 is 0 Å². The molecule has 1 aromatic carbocycles. The summed E-state index contributed by atoms with van der Waals surface area (Å²) >= 11 is 11.7. The van der Waals surface area contributed by atoms with Gasteiger partial charge in [-0.1, -0.05) is 23.2 Å². The van der Waals surface area contributed by atoms with Gasteiger partial charge in [-0.2, -0.15) is 5.10 Å². The van der Waals surface area contributed by atoms with Gasteiger partial charge in [0, 0.05) is 24.5 Å². The molecule has 5 nitrogen and oxygen atoms in total. The molecule has 1 aromatic heterocycles. The first kappa shape index (κ1) is 13.7. The maximum absolute atomic E-state index is 11.8. The van der Waals surface area contributed by atoms with Gasteiger partial charge < -0.3 is 5.32 Å². The highest BCUT2D eigenvalue weighted by molar-refractivity contribution is 6.42. The van der Waals surface area contributed by atoms with Crippen molar-refractivity contribution >= 4 is 40.7 Å². The largest absolute Gasteiger partial charge is 0.324 e. The molecule has 2 N–H and O–H groups in total. The van der Waals surface area contributed by atoms with E-state index in [2.05, 4.69) is 15.7 Å². The third-order valence-corrected chi connectivity index (χ3v) is 3.27. The predicted octanol–water partition coefficient (Wildman–Crippen LogP) is 3.68. The molecule has 2 rings (SSSR count). The lowest BCUT2D eigenvalue weighted by molar-refractivity contribution is 0.262. The zero-order valence-corrected chi connectivity index (χ0v) is 11.9. The van der Waals surface area contributed by atoms with Gasteiger partial charge in [-0.3, -0.25) is 10.00 Å². The van der Waals surface area contributed by atoms with E-state index in [1.54, 1.807) is 36.0 Å². The zero-order valence-electron chi connectivity index (χ0n) is 10.4. The number of nitrogens with zero attached hydrogens (tertiary/aromatic N) is 2. The SMILES string of the molecule is Cc1cc(NC(=O)Nc2ccc(Cl)c(Cl)c2)nn1C. The second-order valence-electron chi connectivity index (χ2n) is 4.00. The fourth-order valence-electron chi connectivity index (χ4n) is 1.47. The van der Waals surface area contributed by atoms with Crippen LogP contribution in [0.15, 0.2) is 24.3 Å². The van der Waals surface area contributed by atoms with Crippen molar-refractivity contribution in [1.82, 2.24) is 9.78 Å². The number of nitrogens with one attached hydrogen (secondary N) is 2. The number of aromatic nitrogens is 2. The Morgan fingerprint density at radius 1 is 1.21 bits per heavy atom. The molecule has 0 aliphatic rings. The maximum Gasteiger partial charge on any atom is 0.324 e. The van der Waals surface area contributed by atoms with Gasteiger partial charge in [0.15, 0.2) is 5.82 Å². The number of rotatable bonds is 2. The van der Waals surface area contributed by atoms with Crippen LogP contribution in [0.4, 0.5) is 16.3 Å². The minimum absolute atomic E-state index is 0.383. The Morgan fingerprint density at radius 2 is 1.95 bits per heavy atom. The van der Waals surface area contributed by atoms with Gasteiger partial charge in [0.25, 0.3) is 0 Å². The van der Waals surface area contributed by atoms with E-state index in [4.69, 9.17) is 23.2 Å². The highest BCUT2D eigenvalue weighted by Gasteiger charge is 2.07. The fraction of sp³-hybridized carbons (Fsp3) is 0.167. The molecule has 0 saturated carbocycles. The molecule has 2 aromatic rings. The van der Waals surface area contributed by atoms with E-state index in [0.717, 1.165) is 5.69 Å². The smallest absolute Gasteiger partial charge is 0.308 e. The molecule has 0 unspecified atom stereocenters. The number of anilines is 2. The van der Waals surface area contributed by atoms with Crippen LogP contribution in [0.5, 0.6) is 0 Å². The summed E-state index contributed by atoms with van der Waals surface area (Å²) in [6, 6.07) is 6.24. The molecule has 0 atom stereocenters. The van der Waals surface area contributed by atoms with Crippen molar-refractivity contribution < 1.29 is 4.79 Å². The summed E-state index contributed by atoms with van der Waals surface area (Å²) in [5.74, 6) is 0.484. The normalized spacial score (nSPS) is 10.3. The number of hydrogen-bond donors (Lipinski definition) is 2. The minimum atomic E-state index is -0.392. The van der Waals surface area contributed by atoms with Gasteiger partial charge in [-0.15, -0.1) is 0 Å². The van der Waals surface area contributed by atoms with Crippen LogP contribution in [0.1, 0.15) is 5.69 Å². The van der Waals surface area contributed by atoms with Crippen molar-refractivity contribution in [3.05, 3.63) is 40.0 Å². The summed E-state index contributed by atoms with van der Waals surface area (Å²) in [7, 11) is 1.80. The van der Waals surface area contributed by atoms with Crippen LogP contribution < -0.4 is 10.6 Å². The summed E-state index contributed by atoms with van der Waals surface area (Å²) in [6.45, 7) is 1.90. The average molecular weight is 299 g/mol. The molecule has 2 amide bonds. The number of benzene rings is 1. The number of aryl methyl sites for hydroxylation is 2. The van der Waals surface area contributed by atoms with Gasteiger partial charge in [0.1, 0.15) is 0 Å². The first-order valence-electron chi connectivity index (χ1n) is 5.49. The Kier molecular flexibility index (Phi) is 3.97. The van der Waals surface area contributed by atoms with Crippen LogP contribution in [0.2, 0.25) is 10.0 Å². The van der Waals surface area contributed by atoms with Crippen LogP contribution in [0.3, 0.4) is 0 Å². The second kappa shape index (κ2) is 5.50. The zero-order chi connectivity index (χ0) is 14.0. The lowest BCUT2D eigenvalue weighted by Gasteiger charge is -2.06. The van der Waals surface area contributed by atoms with Crippen LogP contribution in [0, 0.1) is 6.92 Å². The number of carbonyl (C=O) groups excluding carboxylic acids is 1. The second-order valence-corrected chi connectivity index (χ2v) is 4.82. The van der Waals surface area contributed by atoms with Crippen LogP contribution in [0.25, 0.3) is 0 Å². The minimum Gasteiger partial charge on any atom is -0.308 e. The van der Waals surface area contributed by atoms with Crippen molar-refractivity contribution in [1.29, 1.82) is 0 Å². The van der Waals surface area contributed by atoms with Crippen molar-refractivity contribution in [2.75, 3.05) is 10.6 Å². The number of urea groups is 1. The van der Waals surface area contributed by atoms with E-state index in [0.29, 0.717) is 21.6 Å². The molecule has 0 saturated heterocycles. The quantitative estimate of drug-likeness (QED) is 0.888. The Balaban J connectivity index is 2.03. The average Bonchev–Trinajstić information content (AvgIpc) is 2.63. The third-order valence-electron chi connectivity index (χ3n) is 2.53. The highest BCUT2D eigenvalue weighted by Crippen LogP contribution is 2.25. The Hall–Kier alpha value is -1.72. The first-order chi connectivity index (χ1) is 8.95. The lowest BCUT2D eigenvalue weighted by atomic mass is 10.3. The summed E-state index contributed by atoms with van der Waals surface area (Å²) in [5.41, 5.74) is 1.50. The highest BCUT2D eigenvalue weighted by atomic mass is 35.5. The van der Waals surface area contributed by atoms with Gasteiger partial charge in [-0.25, -0.2) is 4.79 Å². The number of halogens is 2. The Labute approximate surface area is 120 Å². The molecule has 7 heteroatoms. The molecular weight excluding hydrogens is 287 g/mol. The van der Waals surface area contributed by atoms with Crippen LogP contribution in [-0.4, -0.2) is 15.8 Å². The predicted molar refractivity (Wildman–Crippen MR) is 77.0 cm³/mol. The molecule has 0 fully saturated rings. The Morgan fingerprint density at radius 3 is 2.53 bits per heavy atom.